The molecule has 2 aromatic rings. The molecule has 0 aromatic heterocycles. The predicted octanol–water partition coefficient (Wildman–Crippen LogP) is 3.13. The van der Waals surface area contributed by atoms with Crippen LogP contribution in [0.3, 0.4) is 0 Å². The van der Waals surface area contributed by atoms with Gasteiger partial charge in [0.2, 0.25) is 0 Å². The first kappa shape index (κ1) is 15.4. The van der Waals surface area contributed by atoms with E-state index >= 15 is 0 Å². The summed E-state index contributed by atoms with van der Waals surface area (Å²) in [6, 6.07) is 3.42. The normalized spacial score (nSPS) is 12.5. The fraction of sp³-hybridized carbons (Fsp3) is 0.143. The van der Waals surface area contributed by atoms with Crippen molar-refractivity contribution in [2.45, 2.75) is 12.5 Å². The minimum Gasteiger partial charge on any atom is -0.271 e. The second kappa shape index (κ2) is 6.19. The van der Waals surface area contributed by atoms with Crippen molar-refractivity contribution in [1.82, 2.24) is 5.43 Å². The molecular formula is C14H11F5N2. The highest BCUT2D eigenvalue weighted by atomic mass is 19.2. The average molecular weight is 302 g/mol. The van der Waals surface area contributed by atoms with Crippen molar-refractivity contribution in [3.63, 3.8) is 0 Å². The van der Waals surface area contributed by atoms with Gasteiger partial charge in [-0.15, -0.1) is 0 Å². The summed E-state index contributed by atoms with van der Waals surface area (Å²) in [4.78, 5) is 0. The van der Waals surface area contributed by atoms with Gasteiger partial charge in [0.05, 0.1) is 6.04 Å². The van der Waals surface area contributed by atoms with Gasteiger partial charge in [-0.3, -0.25) is 11.3 Å². The van der Waals surface area contributed by atoms with Crippen LogP contribution in [0.15, 0.2) is 30.3 Å². The van der Waals surface area contributed by atoms with Crippen LogP contribution < -0.4 is 11.3 Å². The molecule has 0 fully saturated rings. The van der Waals surface area contributed by atoms with E-state index in [4.69, 9.17) is 5.84 Å². The fourth-order valence-electron chi connectivity index (χ4n) is 1.97. The topological polar surface area (TPSA) is 38.0 Å². The zero-order valence-corrected chi connectivity index (χ0v) is 10.6. The zero-order valence-electron chi connectivity index (χ0n) is 10.6. The summed E-state index contributed by atoms with van der Waals surface area (Å²) < 4.78 is 66.0. The summed E-state index contributed by atoms with van der Waals surface area (Å²) >= 11 is 0. The standard InChI is InChI=1S/C14H11F5N2/c15-9-1-2-10(16)7(3-9)6-13(21-20)8-4-11(17)14(19)12(18)5-8/h1-5,13,21H,6,20H2. The van der Waals surface area contributed by atoms with Gasteiger partial charge in [-0.25, -0.2) is 22.0 Å². The van der Waals surface area contributed by atoms with E-state index in [1.54, 1.807) is 0 Å². The monoisotopic (exact) mass is 302 g/mol. The third-order valence-corrected chi connectivity index (χ3v) is 3.04. The third-order valence-electron chi connectivity index (χ3n) is 3.04. The van der Waals surface area contributed by atoms with Crippen molar-refractivity contribution in [2.24, 2.45) is 5.84 Å². The van der Waals surface area contributed by atoms with Gasteiger partial charge in [-0.2, -0.15) is 0 Å². The third kappa shape index (κ3) is 3.37. The summed E-state index contributed by atoms with van der Waals surface area (Å²) in [6.07, 6.45) is -0.162. The van der Waals surface area contributed by atoms with Crippen LogP contribution in [0.5, 0.6) is 0 Å². The Hall–Kier alpha value is -1.99. The van der Waals surface area contributed by atoms with Gasteiger partial charge >= 0.3 is 0 Å². The highest BCUT2D eigenvalue weighted by Gasteiger charge is 2.18. The van der Waals surface area contributed by atoms with Gasteiger partial charge in [0, 0.05) is 0 Å². The Kier molecular flexibility index (Phi) is 4.54. The van der Waals surface area contributed by atoms with Crippen LogP contribution in [-0.2, 0) is 6.42 Å². The number of halogens is 5. The summed E-state index contributed by atoms with van der Waals surface area (Å²) in [5.74, 6) is -0.434. The lowest BCUT2D eigenvalue weighted by atomic mass is 9.98. The second-order valence-corrected chi connectivity index (χ2v) is 4.46. The molecule has 0 aliphatic carbocycles. The minimum atomic E-state index is -1.61. The van der Waals surface area contributed by atoms with Crippen LogP contribution in [0.1, 0.15) is 17.2 Å². The Labute approximate surface area is 117 Å². The molecular weight excluding hydrogens is 291 g/mol. The number of nitrogens with two attached hydrogens (primary N) is 1. The van der Waals surface area contributed by atoms with Crippen LogP contribution in [0.25, 0.3) is 0 Å². The van der Waals surface area contributed by atoms with E-state index in [1.807, 2.05) is 0 Å². The lowest BCUT2D eigenvalue weighted by Gasteiger charge is -2.17. The maximum atomic E-state index is 13.6. The molecule has 112 valence electrons. The summed E-state index contributed by atoms with van der Waals surface area (Å²) in [7, 11) is 0. The van der Waals surface area contributed by atoms with Gasteiger partial charge in [0.15, 0.2) is 17.5 Å². The quantitative estimate of drug-likeness (QED) is 0.394. The predicted molar refractivity (Wildman–Crippen MR) is 66.4 cm³/mol. The Morgan fingerprint density at radius 3 is 2.10 bits per heavy atom. The molecule has 0 radical (unpaired) electrons. The molecule has 2 aromatic carbocycles. The molecule has 1 atom stereocenters. The first-order chi connectivity index (χ1) is 9.92. The molecule has 0 bridgehead atoms. The molecule has 2 nitrogen and oxygen atoms in total. The van der Waals surface area contributed by atoms with Crippen molar-refractivity contribution in [2.75, 3.05) is 0 Å². The van der Waals surface area contributed by atoms with E-state index in [0.717, 1.165) is 30.3 Å². The molecule has 3 N–H and O–H groups in total. The Bertz CT molecular complexity index is 637. The number of rotatable bonds is 4. The van der Waals surface area contributed by atoms with Crippen molar-refractivity contribution in [3.8, 4) is 0 Å². The van der Waals surface area contributed by atoms with E-state index < -0.39 is 35.1 Å². The largest absolute Gasteiger partial charge is 0.271 e. The molecule has 0 saturated carbocycles. The van der Waals surface area contributed by atoms with E-state index in [1.165, 1.54) is 0 Å². The molecule has 7 heteroatoms. The summed E-state index contributed by atoms with van der Waals surface area (Å²) in [5.41, 5.74) is 2.20. The second-order valence-electron chi connectivity index (χ2n) is 4.46. The van der Waals surface area contributed by atoms with Crippen LogP contribution in [0, 0.1) is 29.1 Å². The van der Waals surface area contributed by atoms with E-state index in [0.29, 0.717) is 0 Å². The molecule has 0 aliphatic rings. The maximum Gasteiger partial charge on any atom is 0.194 e. The molecule has 2 rings (SSSR count). The number of nitrogens with one attached hydrogen (secondary N) is 1. The number of hydrogen-bond donors (Lipinski definition) is 2. The van der Waals surface area contributed by atoms with Gasteiger partial charge < -0.3 is 0 Å². The van der Waals surface area contributed by atoms with Crippen molar-refractivity contribution in [1.29, 1.82) is 0 Å². The zero-order chi connectivity index (χ0) is 15.6. The molecule has 0 spiro atoms. The Morgan fingerprint density at radius 1 is 0.905 bits per heavy atom. The van der Waals surface area contributed by atoms with Crippen molar-refractivity contribution < 1.29 is 22.0 Å². The lowest BCUT2D eigenvalue weighted by Crippen LogP contribution is -2.30. The van der Waals surface area contributed by atoms with Crippen LogP contribution in [-0.4, -0.2) is 0 Å². The van der Waals surface area contributed by atoms with Crippen LogP contribution in [0.2, 0.25) is 0 Å². The first-order valence-electron chi connectivity index (χ1n) is 5.97. The van der Waals surface area contributed by atoms with Gasteiger partial charge in [-0.05, 0) is 47.9 Å². The van der Waals surface area contributed by atoms with Gasteiger partial charge in [0.1, 0.15) is 11.6 Å². The van der Waals surface area contributed by atoms with E-state index in [2.05, 4.69) is 5.43 Å². The highest BCUT2D eigenvalue weighted by molar-refractivity contribution is 5.27. The minimum absolute atomic E-state index is 0.0161. The molecule has 0 amide bonds. The number of hydrazine groups is 1. The summed E-state index contributed by atoms with van der Waals surface area (Å²) in [5, 5.41) is 0. The lowest BCUT2D eigenvalue weighted by molar-refractivity contribution is 0.438. The highest BCUT2D eigenvalue weighted by Crippen LogP contribution is 2.23. The fourth-order valence-corrected chi connectivity index (χ4v) is 1.97. The maximum absolute atomic E-state index is 13.6. The Morgan fingerprint density at radius 2 is 1.52 bits per heavy atom. The molecule has 21 heavy (non-hydrogen) atoms. The van der Waals surface area contributed by atoms with Gasteiger partial charge in [0.25, 0.3) is 0 Å². The van der Waals surface area contributed by atoms with E-state index in [9.17, 15) is 22.0 Å². The Balaban J connectivity index is 2.34. The van der Waals surface area contributed by atoms with Crippen LogP contribution >= 0.6 is 0 Å². The smallest absolute Gasteiger partial charge is 0.194 e. The van der Waals surface area contributed by atoms with Gasteiger partial charge in [-0.1, -0.05) is 0 Å². The SMILES string of the molecule is NNC(Cc1cc(F)ccc1F)c1cc(F)c(F)c(F)c1. The van der Waals surface area contributed by atoms with Crippen molar-refractivity contribution in [3.05, 3.63) is 70.5 Å². The molecule has 0 saturated heterocycles. The molecule has 1 unspecified atom stereocenters. The van der Waals surface area contributed by atoms with Crippen molar-refractivity contribution >= 4 is 0 Å². The molecule has 0 heterocycles. The summed E-state index contributed by atoms with van der Waals surface area (Å²) in [6.45, 7) is 0. The molecule has 0 aliphatic heterocycles. The average Bonchev–Trinajstić information content (AvgIpc) is 2.45. The first-order valence-corrected chi connectivity index (χ1v) is 5.97. The number of hydrogen-bond acceptors (Lipinski definition) is 2. The van der Waals surface area contributed by atoms with E-state index in [-0.39, 0.29) is 17.5 Å². The number of benzene rings is 2. The van der Waals surface area contributed by atoms with Crippen LogP contribution in [0.4, 0.5) is 22.0 Å².